The molecule has 1 aliphatic rings. The molecule has 1 N–H and O–H groups in total. The normalized spacial score (nSPS) is 25.1. The van der Waals surface area contributed by atoms with Crippen LogP contribution in [0.1, 0.15) is 52.9 Å². The average molecular weight is 240 g/mol. The lowest BCUT2D eigenvalue weighted by molar-refractivity contribution is -0.120. The summed E-state index contributed by atoms with van der Waals surface area (Å²) in [6.07, 6.45) is 5.07. The number of nitrogens with one attached hydrogen (secondary N) is 1. The molecule has 4 heteroatoms. The van der Waals surface area contributed by atoms with Crippen LogP contribution in [-0.2, 0) is 14.3 Å². The molecule has 4 nitrogen and oxygen atoms in total. The standard InChI is InChI=1S/C13H22NO3/c1-10(16)14-12-6-4-11(5-7-12)8-13(2,3)17-9-15/h11-12H,4-8H2,1-3H3,(H,14,16). The third-order valence-corrected chi connectivity index (χ3v) is 3.35. The van der Waals surface area contributed by atoms with Gasteiger partial charge in [0, 0.05) is 13.0 Å². The fourth-order valence-corrected chi connectivity index (χ4v) is 2.65. The van der Waals surface area contributed by atoms with Gasteiger partial charge in [-0.3, -0.25) is 4.79 Å². The van der Waals surface area contributed by atoms with Gasteiger partial charge in [-0.2, -0.15) is 0 Å². The SMILES string of the molecule is CC(=O)NC1CCC(CC(C)(C)O[C]=O)CC1. The Morgan fingerprint density at radius 3 is 2.41 bits per heavy atom. The van der Waals surface area contributed by atoms with Gasteiger partial charge in [0.15, 0.2) is 0 Å². The number of carbonyl (C=O) groups excluding carboxylic acids is 2. The van der Waals surface area contributed by atoms with Crippen LogP contribution in [0.4, 0.5) is 0 Å². The third-order valence-electron chi connectivity index (χ3n) is 3.35. The molecule has 1 amide bonds. The van der Waals surface area contributed by atoms with Gasteiger partial charge < -0.3 is 10.1 Å². The van der Waals surface area contributed by atoms with Crippen molar-refractivity contribution in [2.75, 3.05) is 0 Å². The third kappa shape index (κ3) is 5.20. The minimum atomic E-state index is -0.423. The summed E-state index contributed by atoms with van der Waals surface area (Å²) in [7, 11) is 0. The van der Waals surface area contributed by atoms with E-state index in [0.717, 1.165) is 32.1 Å². The minimum Gasteiger partial charge on any atom is -0.451 e. The number of ether oxygens (including phenoxy) is 1. The highest BCUT2D eigenvalue weighted by molar-refractivity contribution is 5.73. The van der Waals surface area contributed by atoms with Crippen molar-refractivity contribution >= 4 is 12.4 Å². The zero-order chi connectivity index (χ0) is 12.9. The van der Waals surface area contributed by atoms with E-state index in [1.54, 1.807) is 6.92 Å². The Morgan fingerprint density at radius 1 is 1.35 bits per heavy atom. The lowest BCUT2D eigenvalue weighted by Gasteiger charge is -2.33. The summed E-state index contributed by atoms with van der Waals surface area (Å²) in [5.41, 5.74) is -0.423. The number of hydrogen-bond donors (Lipinski definition) is 1. The Kier molecular flexibility index (Phi) is 4.97. The molecule has 1 aliphatic carbocycles. The van der Waals surface area contributed by atoms with Crippen LogP contribution in [0.25, 0.3) is 0 Å². The van der Waals surface area contributed by atoms with Gasteiger partial charge in [0.1, 0.15) is 5.60 Å². The first-order valence-electron chi connectivity index (χ1n) is 6.25. The van der Waals surface area contributed by atoms with Gasteiger partial charge in [-0.05, 0) is 51.9 Å². The second kappa shape index (κ2) is 6.03. The molecule has 0 saturated heterocycles. The molecular weight excluding hydrogens is 218 g/mol. The molecule has 0 aromatic heterocycles. The highest BCUT2D eigenvalue weighted by Gasteiger charge is 2.28. The van der Waals surface area contributed by atoms with Gasteiger partial charge in [0.2, 0.25) is 5.91 Å². The maximum Gasteiger partial charge on any atom is 0.418 e. The van der Waals surface area contributed by atoms with Gasteiger partial charge >= 0.3 is 6.47 Å². The van der Waals surface area contributed by atoms with Crippen LogP contribution in [-0.4, -0.2) is 24.0 Å². The van der Waals surface area contributed by atoms with Gasteiger partial charge in [-0.15, -0.1) is 0 Å². The van der Waals surface area contributed by atoms with Gasteiger partial charge in [-0.1, -0.05) is 0 Å². The Bertz CT molecular complexity index is 268. The van der Waals surface area contributed by atoms with Crippen LogP contribution in [0.2, 0.25) is 0 Å². The minimum absolute atomic E-state index is 0.0488. The Labute approximate surface area is 103 Å². The molecule has 1 fully saturated rings. The second-order valence-corrected chi connectivity index (χ2v) is 5.57. The summed E-state index contributed by atoms with van der Waals surface area (Å²) in [5, 5.41) is 2.96. The molecule has 0 aromatic rings. The summed E-state index contributed by atoms with van der Waals surface area (Å²) in [5.74, 6) is 0.621. The maximum atomic E-state index is 10.9. The molecule has 0 aromatic carbocycles. The van der Waals surface area contributed by atoms with Crippen molar-refractivity contribution in [2.45, 2.75) is 64.5 Å². The molecule has 0 atom stereocenters. The van der Waals surface area contributed by atoms with Crippen molar-refractivity contribution in [3.05, 3.63) is 0 Å². The summed E-state index contributed by atoms with van der Waals surface area (Å²) in [6, 6.07) is 0.324. The van der Waals surface area contributed by atoms with E-state index in [0.29, 0.717) is 12.0 Å². The lowest BCUT2D eigenvalue weighted by atomic mass is 9.80. The van der Waals surface area contributed by atoms with E-state index in [-0.39, 0.29) is 5.91 Å². The Balaban J connectivity index is 2.32. The van der Waals surface area contributed by atoms with E-state index in [9.17, 15) is 9.59 Å². The van der Waals surface area contributed by atoms with Crippen molar-refractivity contribution in [2.24, 2.45) is 5.92 Å². The van der Waals surface area contributed by atoms with E-state index in [1.165, 1.54) is 6.47 Å². The summed E-state index contributed by atoms with van der Waals surface area (Å²) in [4.78, 5) is 21.2. The summed E-state index contributed by atoms with van der Waals surface area (Å²) < 4.78 is 4.95. The molecule has 0 bridgehead atoms. The quantitative estimate of drug-likeness (QED) is 0.799. The first-order chi connectivity index (χ1) is 7.93. The smallest absolute Gasteiger partial charge is 0.418 e. The predicted octanol–water partition coefficient (Wildman–Crippen LogP) is 1.93. The fraction of sp³-hybridized carbons (Fsp3) is 0.846. The Morgan fingerprint density at radius 2 is 1.94 bits per heavy atom. The Hall–Kier alpha value is -1.06. The van der Waals surface area contributed by atoms with E-state index in [1.807, 2.05) is 13.8 Å². The van der Waals surface area contributed by atoms with Crippen LogP contribution < -0.4 is 5.32 Å². The molecule has 1 rings (SSSR count). The number of hydrogen-bond acceptors (Lipinski definition) is 3. The fourth-order valence-electron chi connectivity index (χ4n) is 2.65. The molecule has 0 unspecified atom stereocenters. The molecule has 17 heavy (non-hydrogen) atoms. The topological polar surface area (TPSA) is 55.4 Å². The van der Waals surface area contributed by atoms with Crippen molar-refractivity contribution in [1.82, 2.24) is 5.32 Å². The summed E-state index contributed by atoms with van der Waals surface area (Å²) in [6.45, 7) is 6.91. The second-order valence-electron chi connectivity index (χ2n) is 5.57. The molecule has 97 valence electrons. The lowest BCUT2D eigenvalue weighted by Crippen LogP contribution is -2.37. The van der Waals surface area contributed by atoms with Crippen molar-refractivity contribution in [3.8, 4) is 0 Å². The average Bonchev–Trinajstić information content (AvgIpc) is 2.19. The van der Waals surface area contributed by atoms with Gasteiger partial charge in [-0.25, -0.2) is 4.79 Å². The van der Waals surface area contributed by atoms with Gasteiger partial charge in [0.05, 0.1) is 0 Å². The van der Waals surface area contributed by atoms with Crippen LogP contribution in [0.15, 0.2) is 0 Å². The maximum absolute atomic E-state index is 10.9. The monoisotopic (exact) mass is 240 g/mol. The highest BCUT2D eigenvalue weighted by atomic mass is 16.5. The number of amides is 1. The first kappa shape index (κ1) is 14.0. The van der Waals surface area contributed by atoms with E-state index in [4.69, 9.17) is 4.74 Å². The van der Waals surface area contributed by atoms with Crippen molar-refractivity contribution < 1.29 is 14.3 Å². The van der Waals surface area contributed by atoms with Crippen molar-refractivity contribution in [1.29, 1.82) is 0 Å². The number of carbonyl (C=O) groups is 1. The molecule has 1 radical (unpaired) electrons. The molecule has 0 aliphatic heterocycles. The largest absolute Gasteiger partial charge is 0.451 e. The molecule has 0 spiro atoms. The van der Waals surface area contributed by atoms with E-state index < -0.39 is 5.60 Å². The highest BCUT2D eigenvalue weighted by Crippen LogP contribution is 2.31. The first-order valence-corrected chi connectivity index (χ1v) is 6.25. The summed E-state index contributed by atoms with van der Waals surface area (Å²) >= 11 is 0. The van der Waals surface area contributed by atoms with E-state index >= 15 is 0 Å². The van der Waals surface area contributed by atoms with Gasteiger partial charge in [0.25, 0.3) is 0 Å². The molecule has 0 heterocycles. The van der Waals surface area contributed by atoms with Crippen molar-refractivity contribution in [3.63, 3.8) is 0 Å². The predicted molar refractivity (Wildman–Crippen MR) is 65.0 cm³/mol. The molecule has 1 saturated carbocycles. The van der Waals surface area contributed by atoms with Crippen LogP contribution in [0.3, 0.4) is 0 Å². The molecular formula is C13H22NO3. The number of rotatable bonds is 5. The van der Waals surface area contributed by atoms with Crippen LogP contribution in [0.5, 0.6) is 0 Å². The zero-order valence-electron chi connectivity index (χ0n) is 10.9. The zero-order valence-corrected chi connectivity index (χ0v) is 10.9. The van der Waals surface area contributed by atoms with Crippen LogP contribution >= 0.6 is 0 Å². The van der Waals surface area contributed by atoms with Crippen LogP contribution in [0, 0.1) is 5.92 Å². The van der Waals surface area contributed by atoms with E-state index in [2.05, 4.69) is 5.32 Å².